The highest BCUT2D eigenvalue weighted by Crippen LogP contribution is 2.18. The second-order valence-electron chi connectivity index (χ2n) is 4.53. The van der Waals surface area contributed by atoms with Gasteiger partial charge in [-0.3, -0.25) is 4.79 Å². The van der Waals surface area contributed by atoms with Crippen molar-refractivity contribution >= 4 is 11.7 Å². The van der Waals surface area contributed by atoms with Crippen molar-refractivity contribution in [3.63, 3.8) is 0 Å². The summed E-state index contributed by atoms with van der Waals surface area (Å²) in [6.07, 6.45) is 1.11. The first-order chi connectivity index (χ1) is 9.18. The van der Waals surface area contributed by atoms with Crippen LogP contribution in [0.5, 0.6) is 0 Å². The van der Waals surface area contributed by atoms with E-state index in [0.717, 1.165) is 13.1 Å². The minimum absolute atomic E-state index is 0.213. The molecule has 2 N–H and O–H groups in total. The monoisotopic (exact) mass is 265 g/mol. The SMILES string of the molecule is CC(O)CNC(=O)c1cccnc1N1CCOCC1. The van der Waals surface area contributed by atoms with Crippen LogP contribution in [0.4, 0.5) is 5.82 Å². The predicted octanol–water partition coefficient (Wildman–Crippen LogP) is 0.0288. The number of aliphatic hydroxyl groups excluding tert-OH is 1. The van der Waals surface area contributed by atoms with Crippen LogP contribution in [-0.2, 0) is 4.74 Å². The third-order valence-corrected chi connectivity index (χ3v) is 2.90. The number of amides is 1. The molecule has 0 aliphatic carbocycles. The van der Waals surface area contributed by atoms with E-state index < -0.39 is 6.10 Å². The summed E-state index contributed by atoms with van der Waals surface area (Å²) in [6.45, 7) is 4.61. The number of nitrogens with zero attached hydrogens (tertiary/aromatic N) is 2. The molecule has 0 aromatic carbocycles. The van der Waals surface area contributed by atoms with E-state index in [1.54, 1.807) is 25.3 Å². The maximum atomic E-state index is 12.1. The first-order valence-corrected chi connectivity index (χ1v) is 6.42. The van der Waals surface area contributed by atoms with Gasteiger partial charge in [0.2, 0.25) is 0 Å². The molecule has 1 aromatic rings. The van der Waals surface area contributed by atoms with Crippen molar-refractivity contribution in [3.8, 4) is 0 Å². The van der Waals surface area contributed by atoms with Gasteiger partial charge < -0.3 is 20.1 Å². The molecule has 104 valence electrons. The van der Waals surface area contributed by atoms with Gasteiger partial charge in [-0.25, -0.2) is 4.98 Å². The molecule has 0 spiro atoms. The molecule has 2 heterocycles. The van der Waals surface area contributed by atoms with Gasteiger partial charge in [0.15, 0.2) is 0 Å². The zero-order valence-corrected chi connectivity index (χ0v) is 11.0. The van der Waals surface area contributed by atoms with Crippen LogP contribution in [0.3, 0.4) is 0 Å². The summed E-state index contributed by atoms with van der Waals surface area (Å²) in [6, 6.07) is 3.48. The summed E-state index contributed by atoms with van der Waals surface area (Å²) < 4.78 is 5.30. The molecule has 1 aromatic heterocycles. The van der Waals surface area contributed by atoms with Gasteiger partial charge in [-0.1, -0.05) is 0 Å². The van der Waals surface area contributed by atoms with Gasteiger partial charge in [0, 0.05) is 25.8 Å². The molecule has 2 rings (SSSR count). The molecule has 1 amide bonds. The fourth-order valence-corrected chi connectivity index (χ4v) is 1.94. The van der Waals surface area contributed by atoms with E-state index in [1.807, 2.05) is 4.90 Å². The Hall–Kier alpha value is -1.66. The van der Waals surface area contributed by atoms with E-state index in [9.17, 15) is 9.90 Å². The molecule has 1 fully saturated rings. The number of ether oxygens (including phenoxy) is 1. The van der Waals surface area contributed by atoms with Gasteiger partial charge in [-0.15, -0.1) is 0 Å². The predicted molar refractivity (Wildman–Crippen MR) is 71.3 cm³/mol. The average Bonchev–Trinajstić information content (AvgIpc) is 2.45. The number of morpholine rings is 1. The van der Waals surface area contributed by atoms with E-state index in [2.05, 4.69) is 10.3 Å². The van der Waals surface area contributed by atoms with Crippen LogP contribution in [0, 0.1) is 0 Å². The Morgan fingerprint density at radius 3 is 3.00 bits per heavy atom. The maximum Gasteiger partial charge on any atom is 0.255 e. The lowest BCUT2D eigenvalue weighted by Gasteiger charge is -2.29. The van der Waals surface area contributed by atoms with Gasteiger partial charge >= 0.3 is 0 Å². The Morgan fingerprint density at radius 1 is 1.58 bits per heavy atom. The highest BCUT2D eigenvalue weighted by Gasteiger charge is 2.19. The van der Waals surface area contributed by atoms with Crippen molar-refractivity contribution in [2.45, 2.75) is 13.0 Å². The number of carbonyl (C=O) groups is 1. The molecule has 0 saturated carbocycles. The van der Waals surface area contributed by atoms with Gasteiger partial charge in [0.25, 0.3) is 5.91 Å². The Balaban J connectivity index is 2.13. The first kappa shape index (κ1) is 13.8. The Morgan fingerprint density at radius 2 is 2.32 bits per heavy atom. The van der Waals surface area contributed by atoms with Crippen molar-refractivity contribution in [1.82, 2.24) is 10.3 Å². The minimum Gasteiger partial charge on any atom is -0.392 e. The third-order valence-electron chi connectivity index (χ3n) is 2.90. The van der Waals surface area contributed by atoms with E-state index in [0.29, 0.717) is 24.6 Å². The van der Waals surface area contributed by atoms with Crippen molar-refractivity contribution < 1.29 is 14.6 Å². The second kappa shape index (κ2) is 6.49. The molecule has 1 aliphatic heterocycles. The second-order valence-corrected chi connectivity index (χ2v) is 4.53. The Kier molecular flexibility index (Phi) is 4.70. The van der Waals surface area contributed by atoms with Crippen molar-refractivity contribution in [3.05, 3.63) is 23.9 Å². The van der Waals surface area contributed by atoms with Gasteiger partial charge in [0.1, 0.15) is 5.82 Å². The lowest BCUT2D eigenvalue weighted by molar-refractivity contribution is 0.0922. The molecular weight excluding hydrogens is 246 g/mol. The molecule has 1 aliphatic rings. The molecule has 6 heteroatoms. The summed E-state index contributed by atoms with van der Waals surface area (Å²) >= 11 is 0. The summed E-state index contributed by atoms with van der Waals surface area (Å²) in [5.41, 5.74) is 0.532. The normalized spacial score (nSPS) is 17.1. The summed E-state index contributed by atoms with van der Waals surface area (Å²) in [5.74, 6) is 0.462. The molecule has 0 radical (unpaired) electrons. The topological polar surface area (TPSA) is 74.7 Å². The summed E-state index contributed by atoms with van der Waals surface area (Å²) in [4.78, 5) is 18.4. The number of nitrogens with one attached hydrogen (secondary N) is 1. The van der Waals surface area contributed by atoms with E-state index in [4.69, 9.17) is 4.74 Å². The van der Waals surface area contributed by atoms with Crippen LogP contribution in [0.15, 0.2) is 18.3 Å². The quantitative estimate of drug-likeness (QED) is 0.803. The number of hydrogen-bond acceptors (Lipinski definition) is 5. The van der Waals surface area contributed by atoms with E-state index in [-0.39, 0.29) is 12.5 Å². The standard InChI is InChI=1S/C13H19N3O3/c1-10(17)9-15-13(18)11-3-2-4-14-12(11)16-5-7-19-8-6-16/h2-4,10,17H,5-9H2,1H3,(H,15,18). The number of rotatable bonds is 4. The van der Waals surface area contributed by atoms with Gasteiger partial charge in [0.05, 0.1) is 24.9 Å². The zero-order valence-electron chi connectivity index (χ0n) is 11.0. The molecule has 1 atom stereocenters. The lowest BCUT2D eigenvalue weighted by atomic mass is 10.2. The number of aliphatic hydroxyl groups is 1. The molecule has 19 heavy (non-hydrogen) atoms. The van der Waals surface area contributed by atoms with Crippen LogP contribution >= 0.6 is 0 Å². The number of hydrogen-bond donors (Lipinski definition) is 2. The molecule has 1 unspecified atom stereocenters. The number of carbonyl (C=O) groups excluding carboxylic acids is 1. The third kappa shape index (κ3) is 3.65. The van der Waals surface area contributed by atoms with Crippen molar-refractivity contribution in [2.24, 2.45) is 0 Å². The van der Waals surface area contributed by atoms with Crippen molar-refractivity contribution in [2.75, 3.05) is 37.7 Å². The van der Waals surface area contributed by atoms with Crippen LogP contribution in [0.2, 0.25) is 0 Å². The van der Waals surface area contributed by atoms with Crippen LogP contribution in [-0.4, -0.2) is 54.9 Å². The number of anilines is 1. The van der Waals surface area contributed by atoms with Gasteiger partial charge in [-0.05, 0) is 19.1 Å². The van der Waals surface area contributed by atoms with E-state index in [1.165, 1.54) is 0 Å². The number of pyridine rings is 1. The van der Waals surface area contributed by atoms with Crippen LogP contribution in [0.1, 0.15) is 17.3 Å². The highest BCUT2D eigenvalue weighted by atomic mass is 16.5. The molecular formula is C13H19N3O3. The number of aromatic nitrogens is 1. The molecule has 1 saturated heterocycles. The Labute approximate surface area is 112 Å². The highest BCUT2D eigenvalue weighted by molar-refractivity contribution is 5.98. The molecule has 6 nitrogen and oxygen atoms in total. The lowest BCUT2D eigenvalue weighted by Crippen LogP contribution is -2.39. The van der Waals surface area contributed by atoms with E-state index >= 15 is 0 Å². The average molecular weight is 265 g/mol. The summed E-state index contributed by atoms with van der Waals surface area (Å²) in [7, 11) is 0. The zero-order chi connectivity index (χ0) is 13.7. The fraction of sp³-hybridized carbons (Fsp3) is 0.538. The largest absolute Gasteiger partial charge is 0.392 e. The van der Waals surface area contributed by atoms with Crippen LogP contribution in [0.25, 0.3) is 0 Å². The molecule has 0 bridgehead atoms. The maximum absolute atomic E-state index is 12.1. The summed E-state index contributed by atoms with van der Waals surface area (Å²) in [5, 5.41) is 11.9. The van der Waals surface area contributed by atoms with Crippen molar-refractivity contribution in [1.29, 1.82) is 0 Å². The first-order valence-electron chi connectivity index (χ1n) is 6.42. The minimum atomic E-state index is -0.563. The fourth-order valence-electron chi connectivity index (χ4n) is 1.94. The van der Waals surface area contributed by atoms with Gasteiger partial charge in [-0.2, -0.15) is 0 Å². The smallest absolute Gasteiger partial charge is 0.255 e. The van der Waals surface area contributed by atoms with Crippen LogP contribution < -0.4 is 10.2 Å². The Bertz CT molecular complexity index is 431.